The monoisotopic (exact) mass is 289 g/mol. The highest BCUT2D eigenvalue weighted by atomic mass is 16.4. The van der Waals surface area contributed by atoms with Gasteiger partial charge in [-0.15, -0.1) is 0 Å². The number of carboxylic acids is 1. The van der Waals surface area contributed by atoms with E-state index < -0.39 is 5.97 Å². The molecule has 1 N–H and O–H groups in total. The first-order valence-corrected chi connectivity index (χ1v) is 7.35. The summed E-state index contributed by atoms with van der Waals surface area (Å²) in [4.78, 5) is 23.2. The molecule has 2 rings (SSSR count). The summed E-state index contributed by atoms with van der Waals surface area (Å²) in [5.41, 5.74) is 1.56. The smallest absolute Gasteiger partial charge is 0.300 e. The van der Waals surface area contributed by atoms with Crippen molar-refractivity contribution in [1.82, 2.24) is 0 Å². The number of benzene rings is 1. The fourth-order valence-corrected chi connectivity index (χ4v) is 2.92. The van der Waals surface area contributed by atoms with Crippen LogP contribution in [0.4, 0.5) is 0 Å². The molecule has 0 saturated heterocycles. The summed E-state index contributed by atoms with van der Waals surface area (Å²) >= 11 is 0. The second kappa shape index (κ2) is 9.09. The Morgan fingerprint density at radius 3 is 2.33 bits per heavy atom. The van der Waals surface area contributed by atoms with E-state index in [4.69, 9.17) is 9.90 Å². The van der Waals surface area contributed by atoms with E-state index in [1.165, 1.54) is 37.7 Å². The Hall–Kier alpha value is -1.93. The SMILES string of the molecule is CC(=O)O.O=C=NCC1(Cc2ccccc2)CCCCC1. The van der Waals surface area contributed by atoms with Gasteiger partial charge in [0.2, 0.25) is 6.08 Å². The third-order valence-electron chi connectivity index (χ3n) is 3.82. The molecule has 21 heavy (non-hydrogen) atoms. The Labute approximate surface area is 125 Å². The second-order valence-electron chi connectivity index (χ2n) is 5.65. The van der Waals surface area contributed by atoms with E-state index in [1.807, 2.05) is 6.07 Å². The second-order valence-corrected chi connectivity index (χ2v) is 5.65. The van der Waals surface area contributed by atoms with Gasteiger partial charge in [0.05, 0.1) is 6.54 Å². The molecule has 0 unspecified atom stereocenters. The maximum atomic E-state index is 10.4. The van der Waals surface area contributed by atoms with Gasteiger partial charge < -0.3 is 5.11 Å². The number of carboxylic acid groups (broad SMARTS) is 1. The third kappa shape index (κ3) is 6.87. The quantitative estimate of drug-likeness (QED) is 0.680. The zero-order chi connectivity index (χ0) is 15.6. The van der Waals surface area contributed by atoms with Crippen molar-refractivity contribution < 1.29 is 14.7 Å². The summed E-state index contributed by atoms with van der Waals surface area (Å²) in [5.74, 6) is -0.833. The largest absolute Gasteiger partial charge is 0.481 e. The minimum Gasteiger partial charge on any atom is -0.481 e. The van der Waals surface area contributed by atoms with Gasteiger partial charge in [-0.2, -0.15) is 0 Å². The van der Waals surface area contributed by atoms with Gasteiger partial charge in [-0.1, -0.05) is 49.6 Å². The number of carbonyl (C=O) groups is 1. The number of hydrogen-bond donors (Lipinski definition) is 1. The molecule has 0 aliphatic heterocycles. The lowest BCUT2D eigenvalue weighted by Crippen LogP contribution is -2.30. The fraction of sp³-hybridized carbons (Fsp3) is 0.529. The molecular formula is C17H23NO3. The molecule has 1 aliphatic rings. The minimum atomic E-state index is -0.833. The van der Waals surface area contributed by atoms with Crippen LogP contribution < -0.4 is 0 Å². The van der Waals surface area contributed by atoms with Gasteiger partial charge in [0.1, 0.15) is 0 Å². The van der Waals surface area contributed by atoms with Crippen molar-refractivity contribution in [3.8, 4) is 0 Å². The molecule has 1 aromatic carbocycles. The van der Waals surface area contributed by atoms with Gasteiger partial charge in [-0.3, -0.25) is 4.79 Å². The van der Waals surface area contributed by atoms with Crippen molar-refractivity contribution in [3.63, 3.8) is 0 Å². The molecule has 1 aromatic rings. The van der Waals surface area contributed by atoms with Crippen LogP contribution in [-0.2, 0) is 16.0 Å². The summed E-state index contributed by atoms with van der Waals surface area (Å²) < 4.78 is 0. The lowest BCUT2D eigenvalue weighted by atomic mass is 9.70. The minimum absolute atomic E-state index is 0.205. The normalized spacial score (nSPS) is 16.0. The molecule has 0 bridgehead atoms. The molecule has 114 valence electrons. The molecule has 1 fully saturated rings. The van der Waals surface area contributed by atoms with Gasteiger partial charge in [-0.05, 0) is 30.2 Å². The van der Waals surface area contributed by atoms with Crippen LogP contribution in [-0.4, -0.2) is 23.7 Å². The Bertz CT molecular complexity index is 468. The number of aliphatic carboxylic acids is 1. The molecule has 0 amide bonds. The highest BCUT2D eigenvalue weighted by Crippen LogP contribution is 2.39. The van der Waals surface area contributed by atoms with Crippen molar-refractivity contribution >= 4 is 12.0 Å². The molecule has 0 atom stereocenters. The summed E-state index contributed by atoms with van der Waals surface area (Å²) in [6.45, 7) is 1.73. The zero-order valence-corrected chi connectivity index (χ0v) is 12.5. The molecule has 1 aliphatic carbocycles. The van der Waals surface area contributed by atoms with Gasteiger partial charge in [-0.25, -0.2) is 9.79 Å². The van der Waals surface area contributed by atoms with Crippen molar-refractivity contribution in [2.75, 3.05) is 6.54 Å². The summed E-state index contributed by atoms with van der Waals surface area (Å²) in [5, 5.41) is 7.42. The maximum Gasteiger partial charge on any atom is 0.300 e. The van der Waals surface area contributed by atoms with E-state index in [-0.39, 0.29) is 5.41 Å². The van der Waals surface area contributed by atoms with Gasteiger partial charge >= 0.3 is 0 Å². The lowest BCUT2D eigenvalue weighted by Gasteiger charge is -2.35. The van der Waals surface area contributed by atoms with E-state index in [9.17, 15) is 4.79 Å². The van der Waals surface area contributed by atoms with Crippen LogP contribution in [0, 0.1) is 5.41 Å². The van der Waals surface area contributed by atoms with E-state index in [1.54, 1.807) is 6.08 Å². The first kappa shape index (κ1) is 17.1. The predicted octanol–water partition coefficient (Wildman–Crippen LogP) is 3.61. The molecule has 0 heterocycles. The molecule has 4 heteroatoms. The average Bonchev–Trinajstić information content (AvgIpc) is 2.47. The summed E-state index contributed by atoms with van der Waals surface area (Å²) in [6, 6.07) is 10.5. The number of aliphatic imine (C=N–C) groups is 1. The van der Waals surface area contributed by atoms with Crippen LogP contribution in [0.5, 0.6) is 0 Å². The Kier molecular flexibility index (Phi) is 7.41. The first-order chi connectivity index (χ1) is 10.1. The van der Waals surface area contributed by atoms with Gasteiger partial charge in [0, 0.05) is 6.92 Å². The van der Waals surface area contributed by atoms with Crippen molar-refractivity contribution in [2.24, 2.45) is 10.4 Å². The van der Waals surface area contributed by atoms with E-state index in [0.29, 0.717) is 6.54 Å². The molecular weight excluding hydrogens is 266 g/mol. The van der Waals surface area contributed by atoms with Crippen LogP contribution >= 0.6 is 0 Å². The van der Waals surface area contributed by atoms with Gasteiger partial charge in [0.15, 0.2) is 0 Å². The van der Waals surface area contributed by atoms with Crippen LogP contribution in [0.1, 0.15) is 44.6 Å². The Morgan fingerprint density at radius 2 is 1.81 bits per heavy atom. The Balaban J connectivity index is 0.000000491. The van der Waals surface area contributed by atoms with Crippen LogP contribution in [0.3, 0.4) is 0 Å². The molecule has 0 spiro atoms. The Morgan fingerprint density at radius 1 is 1.24 bits per heavy atom. The van der Waals surface area contributed by atoms with E-state index >= 15 is 0 Å². The number of hydrogen-bond acceptors (Lipinski definition) is 3. The first-order valence-electron chi connectivity index (χ1n) is 7.35. The average molecular weight is 289 g/mol. The molecule has 0 radical (unpaired) electrons. The summed E-state index contributed by atoms with van der Waals surface area (Å²) in [7, 11) is 0. The summed E-state index contributed by atoms with van der Waals surface area (Å²) in [6.07, 6.45) is 8.97. The zero-order valence-electron chi connectivity index (χ0n) is 12.5. The van der Waals surface area contributed by atoms with Crippen LogP contribution in [0.15, 0.2) is 35.3 Å². The molecule has 4 nitrogen and oxygen atoms in total. The van der Waals surface area contributed by atoms with Crippen LogP contribution in [0.2, 0.25) is 0 Å². The number of carbonyl (C=O) groups excluding carboxylic acids is 1. The van der Waals surface area contributed by atoms with E-state index in [2.05, 4.69) is 29.3 Å². The number of isocyanates is 1. The maximum absolute atomic E-state index is 10.4. The van der Waals surface area contributed by atoms with Gasteiger partial charge in [0.25, 0.3) is 5.97 Å². The highest BCUT2D eigenvalue weighted by molar-refractivity contribution is 5.62. The van der Waals surface area contributed by atoms with Crippen LogP contribution in [0.25, 0.3) is 0 Å². The predicted molar refractivity (Wildman–Crippen MR) is 82.0 cm³/mol. The molecule has 0 aromatic heterocycles. The standard InChI is InChI=1S/C15H19NO.C2H4O2/c17-13-16-12-15(9-5-2-6-10-15)11-14-7-3-1-4-8-14;1-2(3)4/h1,3-4,7-8H,2,5-6,9-12H2;1H3,(H,3,4). The lowest BCUT2D eigenvalue weighted by molar-refractivity contribution is -0.134. The molecule has 1 saturated carbocycles. The third-order valence-corrected chi connectivity index (χ3v) is 3.82. The fourth-order valence-electron chi connectivity index (χ4n) is 2.92. The van der Waals surface area contributed by atoms with Crippen molar-refractivity contribution in [3.05, 3.63) is 35.9 Å². The van der Waals surface area contributed by atoms with Crippen molar-refractivity contribution in [1.29, 1.82) is 0 Å². The van der Waals surface area contributed by atoms with Crippen molar-refractivity contribution in [2.45, 2.75) is 45.4 Å². The number of nitrogens with zero attached hydrogens (tertiary/aromatic N) is 1. The number of rotatable bonds is 4. The topological polar surface area (TPSA) is 66.7 Å². The van der Waals surface area contributed by atoms with E-state index in [0.717, 1.165) is 13.3 Å². The highest BCUT2D eigenvalue weighted by Gasteiger charge is 2.31.